The van der Waals surface area contributed by atoms with E-state index in [-0.39, 0.29) is 10.6 Å². The normalized spacial score (nSPS) is 11.3. The molecule has 0 atom stereocenters. The van der Waals surface area contributed by atoms with E-state index in [1.165, 1.54) is 0 Å². The Bertz CT molecular complexity index is 1770. The van der Waals surface area contributed by atoms with Crippen molar-refractivity contribution in [2.75, 3.05) is 0 Å². The largest absolute Gasteiger partial charge is 0.309 e. The van der Waals surface area contributed by atoms with Crippen molar-refractivity contribution in [1.82, 2.24) is 4.57 Å². The number of nitro benzene ring substituents is 1. The molecule has 0 bridgehead atoms. The second-order valence-electron chi connectivity index (χ2n) is 8.93. The lowest BCUT2D eigenvalue weighted by atomic mass is 10.1. The second kappa shape index (κ2) is 9.99. The number of fused-ring (bicyclic) bond motifs is 1. The van der Waals surface area contributed by atoms with Crippen molar-refractivity contribution in [2.45, 2.75) is 0 Å². The number of rotatable bonds is 6. The summed E-state index contributed by atoms with van der Waals surface area (Å²) in [6, 6.07) is 43.4. The van der Waals surface area contributed by atoms with Gasteiger partial charge in [-0.2, -0.15) is 0 Å². The number of nitro groups is 1. The summed E-state index contributed by atoms with van der Waals surface area (Å²) in [4.78, 5) is 15.9. The molecule has 6 rings (SSSR count). The Morgan fingerprint density at radius 1 is 0.684 bits per heavy atom. The van der Waals surface area contributed by atoms with Crippen molar-refractivity contribution < 1.29 is 4.92 Å². The Balaban J connectivity index is 1.60. The molecule has 6 aromatic rings. The van der Waals surface area contributed by atoms with Gasteiger partial charge in [-0.25, -0.2) is 0 Å². The first kappa shape index (κ1) is 23.1. The zero-order valence-corrected chi connectivity index (χ0v) is 20.4. The average Bonchev–Trinajstić information content (AvgIpc) is 3.36. The van der Waals surface area contributed by atoms with Crippen LogP contribution in [0.2, 0.25) is 0 Å². The molecule has 5 heteroatoms. The van der Waals surface area contributed by atoms with Crippen LogP contribution in [0.4, 0.5) is 11.4 Å². The van der Waals surface area contributed by atoms with Gasteiger partial charge in [0.15, 0.2) is 0 Å². The van der Waals surface area contributed by atoms with E-state index in [0.29, 0.717) is 0 Å². The van der Waals surface area contributed by atoms with Crippen LogP contribution in [0.25, 0.3) is 39.0 Å². The minimum atomic E-state index is -0.377. The van der Waals surface area contributed by atoms with Gasteiger partial charge in [-0.05, 0) is 40.8 Å². The predicted molar refractivity (Wildman–Crippen MR) is 154 cm³/mol. The van der Waals surface area contributed by atoms with Crippen molar-refractivity contribution in [3.8, 4) is 28.2 Å². The molecule has 0 saturated carbocycles. The number of nitrogens with zero attached hydrogens (tertiary/aromatic N) is 3. The van der Waals surface area contributed by atoms with E-state index in [1.54, 1.807) is 24.3 Å². The maximum atomic E-state index is 11.3. The standard InChI is InChI=1S/C33H23N3O2/c37-36(38)29-20-18-28(19-21-29)35-32(25-11-3-1-4-12-25)22-27(33(35)26-13-5-2-6-14-26)23-34-31-17-9-15-24-10-7-8-16-30(24)31/h1-23H. The van der Waals surface area contributed by atoms with Crippen LogP contribution in [0.15, 0.2) is 138 Å². The molecular weight excluding hydrogens is 470 g/mol. The zero-order valence-electron chi connectivity index (χ0n) is 20.4. The number of aromatic nitrogens is 1. The molecule has 0 saturated heterocycles. The third kappa shape index (κ3) is 4.38. The van der Waals surface area contributed by atoms with E-state index in [1.807, 2.05) is 66.9 Å². The molecule has 0 N–H and O–H groups in total. The highest BCUT2D eigenvalue weighted by Gasteiger charge is 2.19. The van der Waals surface area contributed by atoms with Crippen LogP contribution in [0.3, 0.4) is 0 Å². The molecule has 0 aliphatic rings. The van der Waals surface area contributed by atoms with E-state index in [9.17, 15) is 10.1 Å². The summed E-state index contributed by atoms with van der Waals surface area (Å²) in [5.41, 5.74) is 6.72. The maximum Gasteiger partial charge on any atom is 0.269 e. The first-order valence-electron chi connectivity index (χ1n) is 12.3. The molecule has 0 aliphatic heterocycles. The quantitative estimate of drug-likeness (QED) is 0.132. The lowest BCUT2D eigenvalue weighted by Gasteiger charge is -2.15. The fourth-order valence-electron chi connectivity index (χ4n) is 4.79. The molecule has 0 fully saturated rings. The third-order valence-electron chi connectivity index (χ3n) is 6.58. The Morgan fingerprint density at radius 2 is 1.32 bits per heavy atom. The van der Waals surface area contributed by atoms with Gasteiger partial charge in [0.05, 0.1) is 22.0 Å². The maximum absolute atomic E-state index is 11.3. The van der Waals surface area contributed by atoms with Crippen LogP contribution < -0.4 is 0 Å². The summed E-state index contributed by atoms with van der Waals surface area (Å²) in [5, 5.41) is 13.6. The van der Waals surface area contributed by atoms with Crippen LogP contribution in [-0.4, -0.2) is 15.7 Å². The first-order chi connectivity index (χ1) is 18.7. The van der Waals surface area contributed by atoms with E-state index in [0.717, 1.165) is 50.2 Å². The van der Waals surface area contributed by atoms with Crippen molar-refractivity contribution >= 4 is 28.4 Å². The molecule has 5 aromatic carbocycles. The lowest BCUT2D eigenvalue weighted by Crippen LogP contribution is -2.01. The highest BCUT2D eigenvalue weighted by Crippen LogP contribution is 2.36. The van der Waals surface area contributed by atoms with Gasteiger partial charge < -0.3 is 4.57 Å². The predicted octanol–water partition coefficient (Wildman–Crippen LogP) is 8.62. The van der Waals surface area contributed by atoms with Gasteiger partial charge in [0.2, 0.25) is 0 Å². The molecule has 0 aliphatic carbocycles. The topological polar surface area (TPSA) is 60.4 Å². The minimum Gasteiger partial charge on any atom is -0.309 e. The van der Waals surface area contributed by atoms with Crippen molar-refractivity contribution in [3.63, 3.8) is 0 Å². The number of benzene rings is 5. The number of hydrogen-bond donors (Lipinski definition) is 0. The highest BCUT2D eigenvalue weighted by molar-refractivity contribution is 5.98. The third-order valence-corrected chi connectivity index (χ3v) is 6.58. The lowest BCUT2D eigenvalue weighted by molar-refractivity contribution is -0.384. The summed E-state index contributed by atoms with van der Waals surface area (Å²) in [5.74, 6) is 0. The Kier molecular flexibility index (Phi) is 6.08. The Morgan fingerprint density at radius 3 is 2.03 bits per heavy atom. The van der Waals surface area contributed by atoms with E-state index < -0.39 is 0 Å². The van der Waals surface area contributed by atoms with E-state index in [2.05, 4.69) is 53.1 Å². The Hall–Kier alpha value is -5.29. The summed E-state index contributed by atoms with van der Waals surface area (Å²) < 4.78 is 2.15. The monoisotopic (exact) mass is 493 g/mol. The van der Waals surface area contributed by atoms with Gasteiger partial charge in [0.1, 0.15) is 0 Å². The highest BCUT2D eigenvalue weighted by atomic mass is 16.6. The van der Waals surface area contributed by atoms with Gasteiger partial charge in [-0.1, -0.05) is 97.1 Å². The molecule has 0 amide bonds. The van der Waals surface area contributed by atoms with Crippen molar-refractivity contribution in [1.29, 1.82) is 0 Å². The average molecular weight is 494 g/mol. The van der Waals surface area contributed by atoms with E-state index >= 15 is 0 Å². The molecule has 182 valence electrons. The summed E-state index contributed by atoms with van der Waals surface area (Å²) in [6.45, 7) is 0. The number of non-ortho nitro benzene ring substituents is 1. The van der Waals surface area contributed by atoms with Gasteiger partial charge in [0.25, 0.3) is 5.69 Å². The van der Waals surface area contributed by atoms with Crippen molar-refractivity contribution in [3.05, 3.63) is 149 Å². The minimum absolute atomic E-state index is 0.0566. The Labute approximate surface area is 220 Å². The van der Waals surface area contributed by atoms with Gasteiger partial charge in [-0.3, -0.25) is 15.1 Å². The molecule has 0 radical (unpaired) electrons. The van der Waals surface area contributed by atoms with Crippen LogP contribution >= 0.6 is 0 Å². The zero-order chi connectivity index (χ0) is 25.9. The molecule has 0 spiro atoms. The van der Waals surface area contributed by atoms with Crippen LogP contribution in [0.1, 0.15) is 5.56 Å². The van der Waals surface area contributed by atoms with Gasteiger partial charge in [0, 0.05) is 35.0 Å². The first-order valence-corrected chi connectivity index (χ1v) is 12.3. The van der Waals surface area contributed by atoms with Crippen LogP contribution in [0, 0.1) is 10.1 Å². The summed E-state index contributed by atoms with van der Waals surface area (Å²) in [6.07, 6.45) is 1.92. The molecule has 1 heterocycles. The smallest absolute Gasteiger partial charge is 0.269 e. The van der Waals surface area contributed by atoms with Crippen LogP contribution in [-0.2, 0) is 0 Å². The van der Waals surface area contributed by atoms with E-state index in [4.69, 9.17) is 4.99 Å². The van der Waals surface area contributed by atoms with Gasteiger partial charge in [-0.15, -0.1) is 0 Å². The van der Waals surface area contributed by atoms with Gasteiger partial charge >= 0.3 is 0 Å². The molecule has 0 unspecified atom stereocenters. The molecular formula is C33H23N3O2. The van der Waals surface area contributed by atoms with Crippen LogP contribution in [0.5, 0.6) is 0 Å². The molecule has 38 heavy (non-hydrogen) atoms. The SMILES string of the molecule is O=[N+]([O-])c1ccc(-n2c(-c3ccccc3)cc(C=Nc3cccc4ccccc34)c2-c2ccccc2)cc1. The second-order valence-corrected chi connectivity index (χ2v) is 8.93. The molecule has 1 aromatic heterocycles. The summed E-state index contributed by atoms with van der Waals surface area (Å²) in [7, 11) is 0. The number of hydrogen-bond acceptors (Lipinski definition) is 3. The fourth-order valence-corrected chi connectivity index (χ4v) is 4.79. The summed E-state index contributed by atoms with van der Waals surface area (Å²) >= 11 is 0. The fraction of sp³-hybridized carbons (Fsp3) is 0. The molecule has 5 nitrogen and oxygen atoms in total. The van der Waals surface area contributed by atoms with Crippen molar-refractivity contribution in [2.24, 2.45) is 4.99 Å². The number of aliphatic imine (C=N–C) groups is 1.